The number of amides is 1. The van der Waals surface area contributed by atoms with Crippen LogP contribution < -0.4 is 15.8 Å². The number of aliphatic imine (C=N–C) groups is 1. The molecular weight excluding hydrogens is 298 g/mol. The summed E-state index contributed by atoms with van der Waals surface area (Å²) in [5, 5.41) is 2.69. The zero-order valence-electron chi connectivity index (χ0n) is 13.1. The number of carbonyl (C=O) groups excluding carboxylic acids is 2. The van der Waals surface area contributed by atoms with E-state index in [-0.39, 0.29) is 23.9 Å². The molecule has 0 aliphatic carbocycles. The van der Waals surface area contributed by atoms with Crippen LogP contribution in [0.4, 0.5) is 5.69 Å². The molecule has 1 saturated heterocycles. The minimum Gasteiger partial charge on any atom is -0.497 e. The van der Waals surface area contributed by atoms with Gasteiger partial charge in [-0.15, -0.1) is 0 Å². The first kappa shape index (κ1) is 16.5. The highest BCUT2D eigenvalue weighted by atomic mass is 16.5. The topological polar surface area (TPSA) is 103 Å². The van der Waals surface area contributed by atoms with Gasteiger partial charge in [0.15, 0.2) is 0 Å². The molecule has 122 valence electrons. The van der Waals surface area contributed by atoms with Gasteiger partial charge in [0.05, 0.1) is 19.4 Å². The smallest absolute Gasteiger partial charge is 0.354 e. The van der Waals surface area contributed by atoms with Crippen LogP contribution >= 0.6 is 0 Å². The van der Waals surface area contributed by atoms with E-state index in [4.69, 9.17) is 15.2 Å². The lowest BCUT2D eigenvalue weighted by Crippen LogP contribution is -2.40. The molecule has 7 nitrogen and oxygen atoms in total. The molecule has 0 aromatic heterocycles. The van der Waals surface area contributed by atoms with Crippen molar-refractivity contribution < 1.29 is 19.1 Å². The minimum atomic E-state index is -0.639. The van der Waals surface area contributed by atoms with Gasteiger partial charge in [0.25, 0.3) is 5.91 Å². The summed E-state index contributed by atoms with van der Waals surface area (Å²) in [6.45, 7) is 2.30. The Morgan fingerprint density at radius 1 is 1.35 bits per heavy atom. The van der Waals surface area contributed by atoms with Crippen molar-refractivity contribution in [3.05, 3.63) is 35.5 Å². The van der Waals surface area contributed by atoms with Crippen LogP contribution in [0.3, 0.4) is 0 Å². The molecule has 2 rings (SSSR count). The Bertz CT molecular complexity index is 662. The molecular formula is C16H19N3O4. The van der Waals surface area contributed by atoms with Crippen LogP contribution in [0.5, 0.6) is 5.75 Å². The standard InChI is InChI=1S/C16H19N3O4/c1-3-23-16(21)13(17)12-8-9-18-15(20)14(12)19-10-4-6-11(22-2)7-5-10/h4-7H,3,8-9,17H2,1-2H3,(H,18,20). The van der Waals surface area contributed by atoms with Gasteiger partial charge in [0.1, 0.15) is 17.2 Å². The van der Waals surface area contributed by atoms with Crippen molar-refractivity contribution in [3.8, 4) is 5.75 Å². The van der Waals surface area contributed by atoms with Gasteiger partial charge >= 0.3 is 5.97 Å². The molecule has 0 bridgehead atoms. The van der Waals surface area contributed by atoms with Gasteiger partial charge in [-0.05, 0) is 37.6 Å². The van der Waals surface area contributed by atoms with Crippen LogP contribution in [-0.4, -0.2) is 37.8 Å². The van der Waals surface area contributed by atoms with Gasteiger partial charge in [-0.2, -0.15) is 0 Å². The van der Waals surface area contributed by atoms with E-state index < -0.39 is 5.97 Å². The summed E-state index contributed by atoms with van der Waals surface area (Å²) in [6, 6.07) is 6.90. The van der Waals surface area contributed by atoms with Gasteiger partial charge < -0.3 is 20.5 Å². The molecule has 1 aromatic carbocycles. The normalized spacial score (nSPS) is 18.3. The maximum absolute atomic E-state index is 12.1. The van der Waals surface area contributed by atoms with E-state index >= 15 is 0 Å². The van der Waals surface area contributed by atoms with Crippen molar-refractivity contribution in [2.45, 2.75) is 13.3 Å². The van der Waals surface area contributed by atoms with Gasteiger partial charge in [0.2, 0.25) is 0 Å². The van der Waals surface area contributed by atoms with E-state index in [0.717, 1.165) is 0 Å². The number of esters is 1. The van der Waals surface area contributed by atoms with Crippen molar-refractivity contribution in [3.63, 3.8) is 0 Å². The zero-order valence-corrected chi connectivity index (χ0v) is 13.1. The summed E-state index contributed by atoms with van der Waals surface area (Å²) in [4.78, 5) is 28.3. The Balaban J connectivity index is 2.40. The average Bonchev–Trinajstić information content (AvgIpc) is 2.57. The van der Waals surface area contributed by atoms with Gasteiger partial charge in [0, 0.05) is 12.1 Å². The number of nitrogens with one attached hydrogen (secondary N) is 1. The third kappa shape index (κ3) is 3.88. The lowest BCUT2D eigenvalue weighted by Gasteiger charge is -2.19. The lowest BCUT2D eigenvalue weighted by molar-refractivity contribution is -0.138. The third-order valence-corrected chi connectivity index (χ3v) is 3.30. The number of benzene rings is 1. The molecule has 1 aliphatic rings. The minimum absolute atomic E-state index is 0.0750. The summed E-state index contributed by atoms with van der Waals surface area (Å²) in [5.74, 6) is -0.321. The molecule has 0 spiro atoms. The molecule has 0 atom stereocenters. The van der Waals surface area contributed by atoms with Crippen LogP contribution in [0.2, 0.25) is 0 Å². The second-order valence-electron chi connectivity index (χ2n) is 4.78. The number of carbonyl (C=O) groups is 2. The highest BCUT2D eigenvalue weighted by Gasteiger charge is 2.26. The molecule has 1 fully saturated rings. The molecule has 23 heavy (non-hydrogen) atoms. The summed E-state index contributed by atoms with van der Waals surface area (Å²) in [6.07, 6.45) is 0.422. The van der Waals surface area contributed by atoms with Crippen molar-refractivity contribution in [2.24, 2.45) is 10.7 Å². The van der Waals surface area contributed by atoms with E-state index in [1.54, 1.807) is 38.3 Å². The Morgan fingerprint density at radius 3 is 2.65 bits per heavy atom. The molecule has 7 heteroatoms. The largest absolute Gasteiger partial charge is 0.497 e. The molecule has 1 amide bonds. The quantitative estimate of drug-likeness (QED) is 0.638. The third-order valence-electron chi connectivity index (χ3n) is 3.30. The molecule has 3 N–H and O–H groups in total. The summed E-state index contributed by atoms with van der Waals surface area (Å²) in [7, 11) is 1.57. The summed E-state index contributed by atoms with van der Waals surface area (Å²) >= 11 is 0. The number of hydrogen-bond donors (Lipinski definition) is 2. The Labute approximate surface area is 134 Å². The van der Waals surface area contributed by atoms with E-state index in [1.165, 1.54) is 0 Å². The SMILES string of the molecule is CCOC(=O)C(N)=C1CCNC(=O)C1=Nc1ccc(OC)cc1. The molecule has 0 unspecified atom stereocenters. The fourth-order valence-electron chi connectivity index (χ4n) is 2.14. The first-order valence-corrected chi connectivity index (χ1v) is 7.23. The monoisotopic (exact) mass is 317 g/mol. The number of ether oxygens (including phenoxy) is 2. The number of piperidine rings is 1. The van der Waals surface area contributed by atoms with Crippen molar-refractivity contribution in [1.29, 1.82) is 0 Å². The second-order valence-corrected chi connectivity index (χ2v) is 4.78. The maximum Gasteiger partial charge on any atom is 0.354 e. The van der Waals surface area contributed by atoms with Crippen LogP contribution in [-0.2, 0) is 14.3 Å². The van der Waals surface area contributed by atoms with E-state index in [9.17, 15) is 9.59 Å². The predicted molar refractivity (Wildman–Crippen MR) is 85.6 cm³/mol. The molecule has 1 aromatic rings. The fraction of sp³-hybridized carbons (Fsp3) is 0.312. The fourth-order valence-corrected chi connectivity index (χ4v) is 2.14. The molecule has 1 aliphatic heterocycles. The number of methoxy groups -OCH3 is 1. The molecule has 0 saturated carbocycles. The average molecular weight is 317 g/mol. The van der Waals surface area contributed by atoms with Gasteiger partial charge in [-0.25, -0.2) is 9.79 Å². The van der Waals surface area contributed by atoms with Gasteiger partial charge in [-0.1, -0.05) is 0 Å². The number of hydrogen-bond acceptors (Lipinski definition) is 6. The van der Waals surface area contributed by atoms with Crippen molar-refractivity contribution in [1.82, 2.24) is 5.32 Å². The van der Waals surface area contributed by atoms with Gasteiger partial charge in [-0.3, -0.25) is 4.79 Å². The van der Waals surface area contributed by atoms with E-state index in [0.29, 0.717) is 30.0 Å². The molecule has 0 radical (unpaired) electrons. The highest BCUT2D eigenvalue weighted by molar-refractivity contribution is 6.47. The first-order chi connectivity index (χ1) is 11.1. The highest BCUT2D eigenvalue weighted by Crippen LogP contribution is 2.21. The summed E-state index contributed by atoms with van der Waals surface area (Å²) < 4.78 is 9.98. The molecule has 1 heterocycles. The Morgan fingerprint density at radius 2 is 2.04 bits per heavy atom. The first-order valence-electron chi connectivity index (χ1n) is 7.23. The Kier molecular flexibility index (Phi) is 5.35. The van der Waals surface area contributed by atoms with Crippen LogP contribution in [0.25, 0.3) is 0 Å². The van der Waals surface area contributed by atoms with E-state index in [1.807, 2.05) is 0 Å². The van der Waals surface area contributed by atoms with Crippen LogP contribution in [0.1, 0.15) is 13.3 Å². The number of nitrogens with two attached hydrogens (primary N) is 1. The Hall–Kier alpha value is -2.83. The zero-order chi connectivity index (χ0) is 16.8. The number of nitrogens with zero attached hydrogens (tertiary/aromatic N) is 1. The van der Waals surface area contributed by atoms with Crippen molar-refractivity contribution >= 4 is 23.3 Å². The second kappa shape index (κ2) is 7.44. The summed E-state index contributed by atoms with van der Waals surface area (Å²) in [5.41, 5.74) is 6.88. The van der Waals surface area contributed by atoms with Crippen LogP contribution in [0.15, 0.2) is 40.5 Å². The predicted octanol–water partition coefficient (Wildman–Crippen LogP) is 1.06. The van der Waals surface area contributed by atoms with Crippen LogP contribution in [0, 0.1) is 0 Å². The van der Waals surface area contributed by atoms with Crippen molar-refractivity contribution in [2.75, 3.05) is 20.3 Å². The maximum atomic E-state index is 12.1. The lowest BCUT2D eigenvalue weighted by atomic mass is 10.00. The van der Waals surface area contributed by atoms with E-state index in [2.05, 4.69) is 10.3 Å². The number of rotatable bonds is 4.